The molecule has 1 saturated heterocycles. The predicted molar refractivity (Wildman–Crippen MR) is 122 cm³/mol. The van der Waals surface area contributed by atoms with E-state index in [1.807, 2.05) is 12.3 Å². The molecule has 4 N–H and O–H groups in total. The van der Waals surface area contributed by atoms with Gasteiger partial charge in [-0.3, -0.25) is 10.00 Å². The van der Waals surface area contributed by atoms with Gasteiger partial charge >= 0.3 is 11.9 Å². The SMILES string of the molecule is O=C(O)C(=O)O.c1ccc2c(CCN3CCN(c4cccc5[nH]ccc45)CC3)[nH]nc2c1. The highest BCUT2D eigenvalue weighted by atomic mass is 16.4. The van der Waals surface area contributed by atoms with Crippen LogP contribution in [0.4, 0.5) is 5.69 Å². The largest absolute Gasteiger partial charge is 0.473 e. The topological polar surface area (TPSA) is 126 Å². The van der Waals surface area contributed by atoms with Gasteiger partial charge in [-0.15, -0.1) is 0 Å². The zero-order valence-electron chi connectivity index (χ0n) is 17.5. The Balaban J connectivity index is 0.000000363. The standard InChI is InChI=1S/C21H23N5.C2H2O4/c1-2-5-19-16(4-1)20(24-23-19)9-11-25-12-14-26(15-13-25)21-7-3-6-18-17(21)8-10-22-18;3-1(4)2(5)6/h1-8,10,22H,9,11-15H2,(H,23,24);(H,3,4)(H,5,6). The van der Waals surface area contributed by atoms with Gasteiger partial charge in [0.15, 0.2) is 0 Å². The number of H-pyrrole nitrogens is 2. The van der Waals surface area contributed by atoms with Crippen LogP contribution in [0.25, 0.3) is 21.8 Å². The minimum Gasteiger partial charge on any atom is -0.473 e. The first-order valence-corrected chi connectivity index (χ1v) is 10.4. The molecule has 0 aliphatic carbocycles. The van der Waals surface area contributed by atoms with E-state index in [4.69, 9.17) is 19.8 Å². The summed E-state index contributed by atoms with van der Waals surface area (Å²) in [5.74, 6) is -3.65. The van der Waals surface area contributed by atoms with E-state index in [-0.39, 0.29) is 0 Å². The number of para-hydroxylation sites is 1. The van der Waals surface area contributed by atoms with Crippen LogP contribution >= 0.6 is 0 Å². The van der Waals surface area contributed by atoms with Gasteiger partial charge in [-0.05, 0) is 24.3 Å². The number of aromatic nitrogens is 3. The first-order chi connectivity index (χ1) is 15.5. The number of piperazine rings is 1. The lowest BCUT2D eigenvalue weighted by Gasteiger charge is -2.36. The molecule has 166 valence electrons. The predicted octanol–water partition coefficient (Wildman–Crippen LogP) is 2.56. The number of anilines is 1. The Labute approximate surface area is 184 Å². The molecule has 5 rings (SSSR count). The molecule has 0 spiro atoms. The summed E-state index contributed by atoms with van der Waals surface area (Å²) in [6.45, 7) is 5.44. The van der Waals surface area contributed by atoms with Gasteiger partial charge in [-0.1, -0.05) is 24.3 Å². The first-order valence-electron chi connectivity index (χ1n) is 10.4. The van der Waals surface area contributed by atoms with E-state index in [1.54, 1.807) is 0 Å². The second-order valence-electron chi connectivity index (χ2n) is 7.62. The molecule has 1 aliphatic heterocycles. The molecular weight excluding hydrogens is 410 g/mol. The van der Waals surface area contributed by atoms with Crippen molar-refractivity contribution in [2.75, 3.05) is 37.6 Å². The summed E-state index contributed by atoms with van der Waals surface area (Å²) >= 11 is 0. The summed E-state index contributed by atoms with van der Waals surface area (Å²) in [7, 11) is 0. The van der Waals surface area contributed by atoms with Crippen LogP contribution in [0.5, 0.6) is 0 Å². The maximum Gasteiger partial charge on any atom is 0.414 e. The number of nitrogens with zero attached hydrogens (tertiary/aromatic N) is 3. The summed E-state index contributed by atoms with van der Waals surface area (Å²) in [5, 5.41) is 25.0. The number of hydrogen-bond donors (Lipinski definition) is 4. The molecule has 1 aliphatic rings. The lowest BCUT2D eigenvalue weighted by Crippen LogP contribution is -2.47. The van der Waals surface area contributed by atoms with Crippen LogP contribution in [0.2, 0.25) is 0 Å². The van der Waals surface area contributed by atoms with Crippen molar-refractivity contribution < 1.29 is 19.8 Å². The average molecular weight is 435 g/mol. The fourth-order valence-corrected chi connectivity index (χ4v) is 4.03. The number of nitrogens with one attached hydrogen (secondary N) is 2. The van der Waals surface area contributed by atoms with Crippen LogP contribution in [-0.2, 0) is 16.0 Å². The smallest absolute Gasteiger partial charge is 0.414 e. The van der Waals surface area contributed by atoms with Gasteiger partial charge in [0.05, 0.1) is 5.52 Å². The fraction of sp³-hybridized carbons (Fsp3) is 0.261. The van der Waals surface area contributed by atoms with E-state index < -0.39 is 11.9 Å². The molecule has 3 heterocycles. The quantitative estimate of drug-likeness (QED) is 0.363. The monoisotopic (exact) mass is 435 g/mol. The number of carboxylic acid groups (broad SMARTS) is 2. The minimum absolute atomic E-state index is 1.02. The molecule has 9 heteroatoms. The average Bonchev–Trinajstić information content (AvgIpc) is 3.45. The van der Waals surface area contributed by atoms with E-state index >= 15 is 0 Å². The Morgan fingerprint density at radius 2 is 1.66 bits per heavy atom. The number of aromatic amines is 2. The Hall–Kier alpha value is -3.85. The molecule has 0 unspecified atom stereocenters. The van der Waals surface area contributed by atoms with Crippen molar-refractivity contribution >= 4 is 39.4 Å². The molecule has 1 fully saturated rings. The minimum atomic E-state index is -1.82. The van der Waals surface area contributed by atoms with Gasteiger partial charge in [0.2, 0.25) is 0 Å². The van der Waals surface area contributed by atoms with Crippen molar-refractivity contribution in [3.05, 3.63) is 60.4 Å². The molecule has 0 radical (unpaired) electrons. The lowest BCUT2D eigenvalue weighted by atomic mass is 10.1. The van der Waals surface area contributed by atoms with Gasteiger partial charge in [0.25, 0.3) is 0 Å². The normalized spacial score (nSPS) is 14.3. The van der Waals surface area contributed by atoms with Crippen molar-refractivity contribution in [1.29, 1.82) is 0 Å². The molecule has 0 bridgehead atoms. The van der Waals surface area contributed by atoms with Crippen LogP contribution in [0.1, 0.15) is 5.69 Å². The lowest BCUT2D eigenvalue weighted by molar-refractivity contribution is -0.159. The van der Waals surface area contributed by atoms with E-state index in [0.717, 1.165) is 44.7 Å². The molecule has 9 nitrogen and oxygen atoms in total. The van der Waals surface area contributed by atoms with E-state index in [1.165, 1.54) is 27.7 Å². The highest BCUT2D eigenvalue weighted by Gasteiger charge is 2.19. The number of aliphatic carboxylic acids is 2. The highest BCUT2D eigenvalue weighted by molar-refractivity contribution is 6.27. The molecule has 4 aromatic rings. The Kier molecular flexibility index (Phi) is 6.37. The van der Waals surface area contributed by atoms with Crippen LogP contribution in [0.15, 0.2) is 54.7 Å². The molecular formula is C23H25N5O4. The van der Waals surface area contributed by atoms with Crippen molar-refractivity contribution in [2.24, 2.45) is 0 Å². The van der Waals surface area contributed by atoms with Gasteiger partial charge in [-0.25, -0.2) is 9.59 Å². The van der Waals surface area contributed by atoms with Crippen LogP contribution < -0.4 is 4.90 Å². The highest BCUT2D eigenvalue weighted by Crippen LogP contribution is 2.27. The molecule has 0 atom stereocenters. The van der Waals surface area contributed by atoms with Crippen LogP contribution in [-0.4, -0.2) is 75.0 Å². The van der Waals surface area contributed by atoms with Gasteiger partial charge < -0.3 is 20.1 Å². The maximum absolute atomic E-state index is 9.10. The van der Waals surface area contributed by atoms with Gasteiger partial charge in [-0.2, -0.15) is 5.10 Å². The number of fused-ring (bicyclic) bond motifs is 2. The van der Waals surface area contributed by atoms with E-state index in [0.29, 0.717) is 0 Å². The van der Waals surface area contributed by atoms with Crippen molar-refractivity contribution in [3.63, 3.8) is 0 Å². The van der Waals surface area contributed by atoms with Gasteiger partial charge in [0, 0.05) is 73.0 Å². The fourth-order valence-electron chi connectivity index (χ4n) is 4.03. The van der Waals surface area contributed by atoms with Crippen molar-refractivity contribution in [2.45, 2.75) is 6.42 Å². The van der Waals surface area contributed by atoms with Crippen LogP contribution in [0, 0.1) is 0 Å². The van der Waals surface area contributed by atoms with E-state index in [9.17, 15) is 0 Å². The third-order valence-electron chi connectivity index (χ3n) is 5.69. The molecule has 0 amide bonds. The summed E-state index contributed by atoms with van der Waals surface area (Å²) < 4.78 is 0. The summed E-state index contributed by atoms with van der Waals surface area (Å²) in [5.41, 5.74) is 4.88. The number of rotatable bonds is 4. The third kappa shape index (κ3) is 4.73. The third-order valence-corrected chi connectivity index (χ3v) is 5.69. The van der Waals surface area contributed by atoms with E-state index in [2.05, 4.69) is 67.4 Å². The van der Waals surface area contributed by atoms with Crippen molar-refractivity contribution in [1.82, 2.24) is 20.1 Å². The summed E-state index contributed by atoms with van der Waals surface area (Å²) in [6, 6.07) is 17.1. The zero-order chi connectivity index (χ0) is 22.5. The Morgan fingerprint density at radius 1 is 0.906 bits per heavy atom. The Bertz CT molecular complexity index is 1210. The molecule has 0 saturated carbocycles. The zero-order valence-corrected chi connectivity index (χ0v) is 17.5. The molecule has 2 aromatic carbocycles. The summed E-state index contributed by atoms with van der Waals surface area (Å²) in [4.78, 5) is 26.6. The van der Waals surface area contributed by atoms with Crippen LogP contribution in [0.3, 0.4) is 0 Å². The molecule has 32 heavy (non-hydrogen) atoms. The molecule has 2 aromatic heterocycles. The second-order valence-corrected chi connectivity index (χ2v) is 7.62. The second kappa shape index (κ2) is 9.52. The number of carboxylic acids is 2. The van der Waals surface area contributed by atoms with Gasteiger partial charge in [0.1, 0.15) is 0 Å². The number of benzene rings is 2. The number of carbonyl (C=O) groups is 2. The Morgan fingerprint density at radius 3 is 2.41 bits per heavy atom. The maximum atomic E-state index is 9.10. The number of hydrogen-bond acceptors (Lipinski definition) is 5. The first kappa shape index (κ1) is 21.4. The summed E-state index contributed by atoms with van der Waals surface area (Å²) in [6.07, 6.45) is 3.05. The van der Waals surface area contributed by atoms with Crippen molar-refractivity contribution in [3.8, 4) is 0 Å².